The Labute approximate surface area is 138 Å². The van der Waals surface area contributed by atoms with E-state index in [0.29, 0.717) is 5.39 Å². The molecule has 0 unspecified atom stereocenters. The van der Waals surface area contributed by atoms with Gasteiger partial charge in [-0.25, -0.2) is 5.01 Å². The van der Waals surface area contributed by atoms with Crippen LogP contribution in [0.15, 0.2) is 36.4 Å². The van der Waals surface area contributed by atoms with Crippen molar-refractivity contribution in [2.75, 3.05) is 6.54 Å². The maximum absolute atomic E-state index is 13.8. The standard InChI is InChI=1S/C18H19F3N2O/c1-2-4-12-7-8-13-5-3-6-14(15(13)11-12)17(18(19,20)21)23-10-9-16(24)22-23/h3,5-8,11,17H,2,4,9-10H2,1H3,(H,22,24)/t17-/m0/s1. The molecule has 1 aliphatic rings. The van der Waals surface area contributed by atoms with E-state index in [4.69, 9.17) is 0 Å². The first kappa shape index (κ1) is 16.8. The average Bonchev–Trinajstić information content (AvgIpc) is 2.93. The summed E-state index contributed by atoms with van der Waals surface area (Å²) >= 11 is 0. The molecule has 1 saturated heterocycles. The second-order valence-corrected chi connectivity index (χ2v) is 6.08. The predicted octanol–water partition coefficient (Wildman–Crippen LogP) is 4.13. The van der Waals surface area contributed by atoms with E-state index in [1.165, 1.54) is 6.07 Å². The van der Waals surface area contributed by atoms with Gasteiger partial charge in [-0.2, -0.15) is 13.2 Å². The van der Waals surface area contributed by atoms with Crippen molar-refractivity contribution in [3.63, 3.8) is 0 Å². The van der Waals surface area contributed by atoms with Crippen molar-refractivity contribution in [2.45, 2.75) is 38.4 Å². The van der Waals surface area contributed by atoms with Crippen LogP contribution in [0.4, 0.5) is 13.2 Å². The summed E-state index contributed by atoms with van der Waals surface area (Å²) in [6.45, 7) is 2.09. The van der Waals surface area contributed by atoms with Gasteiger partial charge in [-0.05, 0) is 28.3 Å². The van der Waals surface area contributed by atoms with Crippen LogP contribution in [0.25, 0.3) is 10.8 Å². The summed E-state index contributed by atoms with van der Waals surface area (Å²) in [6.07, 6.45) is -2.65. The fourth-order valence-electron chi connectivity index (χ4n) is 3.24. The van der Waals surface area contributed by atoms with E-state index in [1.807, 2.05) is 31.2 Å². The van der Waals surface area contributed by atoms with Crippen LogP contribution < -0.4 is 5.43 Å². The third-order valence-corrected chi connectivity index (χ3v) is 4.28. The highest BCUT2D eigenvalue weighted by molar-refractivity contribution is 5.87. The second-order valence-electron chi connectivity index (χ2n) is 6.08. The highest BCUT2D eigenvalue weighted by Gasteiger charge is 2.47. The van der Waals surface area contributed by atoms with E-state index in [2.05, 4.69) is 5.43 Å². The average molecular weight is 336 g/mol. The zero-order chi connectivity index (χ0) is 17.3. The van der Waals surface area contributed by atoms with Gasteiger partial charge in [-0.1, -0.05) is 49.7 Å². The molecule has 1 atom stereocenters. The molecule has 1 N–H and O–H groups in total. The molecule has 1 amide bonds. The highest BCUT2D eigenvalue weighted by atomic mass is 19.4. The minimum atomic E-state index is -4.48. The molecule has 2 aromatic carbocycles. The molecule has 0 bridgehead atoms. The van der Waals surface area contributed by atoms with Crippen LogP contribution in [-0.4, -0.2) is 23.6 Å². The Morgan fingerprint density at radius 2 is 2.04 bits per heavy atom. The summed E-state index contributed by atoms with van der Waals surface area (Å²) in [5.74, 6) is -0.379. The molecule has 2 aromatic rings. The molecule has 0 spiro atoms. The van der Waals surface area contributed by atoms with Gasteiger partial charge < -0.3 is 0 Å². The van der Waals surface area contributed by atoms with Crippen molar-refractivity contribution in [3.8, 4) is 0 Å². The van der Waals surface area contributed by atoms with E-state index < -0.39 is 12.2 Å². The Balaban J connectivity index is 2.13. The molecule has 3 nitrogen and oxygen atoms in total. The Bertz CT molecular complexity index is 758. The maximum Gasteiger partial charge on any atom is 0.409 e. The van der Waals surface area contributed by atoms with Crippen LogP contribution >= 0.6 is 0 Å². The summed E-state index contributed by atoms with van der Waals surface area (Å²) in [5.41, 5.74) is 3.54. The SMILES string of the molecule is CCCc1ccc2cccc([C@H](N3CCC(=O)N3)C(F)(F)F)c2c1. The lowest BCUT2D eigenvalue weighted by atomic mass is 9.95. The molecule has 1 heterocycles. The first-order valence-corrected chi connectivity index (χ1v) is 8.04. The molecule has 24 heavy (non-hydrogen) atoms. The van der Waals surface area contributed by atoms with Crippen LogP contribution in [0.3, 0.4) is 0 Å². The fraction of sp³-hybridized carbons (Fsp3) is 0.389. The number of hydrogen-bond donors (Lipinski definition) is 1. The van der Waals surface area contributed by atoms with Crippen molar-refractivity contribution in [1.29, 1.82) is 0 Å². The second kappa shape index (κ2) is 6.43. The fourth-order valence-corrected chi connectivity index (χ4v) is 3.24. The number of hydrazine groups is 1. The van der Waals surface area contributed by atoms with E-state index >= 15 is 0 Å². The molecule has 0 radical (unpaired) electrons. The first-order valence-electron chi connectivity index (χ1n) is 8.04. The molecular weight excluding hydrogens is 317 g/mol. The maximum atomic E-state index is 13.8. The van der Waals surface area contributed by atoms with Gasteiger partial charge in [0.05, 0.1) is 0 Å². The minimum Gasteiger partial charge on any atom is -0.288 e. The lowest BCUT2D eigenvalue weighted by Crippen LogP contribution is -2.43. The topological polar surface area (TPSA) is 32.3 Å². The van der Waals surface area contributed by atoms with Gasteiger partial charge in [-0.15, -0.1) is 0 Å². The zero-order valence-electron chi connectivity index (χ0n) is 13.4. The Morgan fingerprint density at radius 3 is 2.67 bits per heavy atom. The van der Waals surface area contributed by atoms with Gasteiger partial charge in [0.1, 0.15) is 0 Å². The number of fused-ring (bicyclic) bond motifs is 1. The first-order chi connectivity index (χ1) is 11.4. The van der Waals surface area contributed by atoms with E-state index in [0.717, 1.165) is 28.8 Å². The normalized spacial score (nSPS) is 17.2. The van der Waals surface area contributed by atoms with Crippen molar-refractivity contribution in [1.82, 2.24) is 10.4 Å². The zero-order valence-corrected chi connectivity index (χ0v) is 13.4. The van der Waals surface area contributed by atoms with Crippen LogP contribution in [0.2, 0.25) is 0 Å². The molecule has 3 rings (SSSR count). The highest BCUT2D eigenvalue weighted by Crippen LogP contribution is 2.40. The lowest BCUT2D eigenvalue weighted by molar-refractivity contribution is -0.190. The van der Waals surface area contributed by atoms with Gasteiger partial charge in [0.25, 0.3) is 0 Å². The van der Waals surface area contributed by atoms with Crippen molar-refractivity contribution in [3.05, 3.63) is 47.5 Å². The number of nitrogens with one attached hydrogen (secondary N) is 1. The number of hydrogen-bond acceptors (Lipinski definition) is 2. The molecule has 1 aliphatic heterocycles. The number of carbonyl (C=O) groups is 1. The molecule has 0 aliphatic carbocycles. The molecule has 0 aromatic heterocycles. The van der Waals surface area contributed by atoms with Gasteiger partial charge in [0.2, 0.25) is 5.91 Å². The molecular formula is C18H19F3N2O. The number of benzene rings is 2. The molecule has 6 heteroatoms. The van der Waals surface area contributed by atoms with Gasteiger partial charge in [-0.3, -0.25) is 10.2 Å². The Kier molecular flexibility index (Phi) is 4.49. The number of aryl methyl sites for hydroxylation is 1. The summed E-state index contributed by atoms with van der Waals surface area (Å²) in [5, 5.41) is 2.36. The Hall–Kier alpha value is -2.08. The molecule has 1 fully saturated rings. The van der Waals surface area contributed by atoms with Gasteiger partial charge in [0.15, 0.2) is 6.04 Å². The molecule has 128 valence electrons. The number of rotatable bonds is 4. The van der Waals surface area contributed by atoms with Crippen LogP contribution in [-0.2, 0) is 11.2 Å². The number of nitrogens with zero attached hydrogens (tertiary/aromatic N) is 1. The number of carbonyl (C=O) groups excluding carboxylic acids is 1. The number of halogens is 3. The number of alkyl halides is 3. The van der Waals surface area contributed by atoms with Gasteiger partial charge in [0, 0.05) is 13.0 Å². The van der Waals surface area contributed by atoms with E-state index in [9.17, 15) is 18.0 Å². The summed E-state index contributed by atoms with van der Waals surface area (Å²) in [4.78, 5) is 11.4. The minimum absolute atomic E-state index is 0.0497. The summed E-state index contributed by atoms with van der Waals surface area (Å²) in [7, 11) is 0. The third-order valence-electron chi connectivity index (χ3n) is 4.28. The largest absolute Gasteiger partial charge is 0.409 e. The van der Waals surface area contributed by atoms with Crippen LogP contribution in [0.1, 0.15) is 36.9 Å². The summed E-state index contributed by atoms with van der Waals surface area (Å²) < 4.78 is 41.3. The van der Waals surface area contributed by atoms with Crippen molar-refractivity contribution < 1.29 is 18.0 Å². The monoisotopic (exact) mass is 336 g/mol. The molecule has 0 saturated carbocycles. The quantitative estimate of drug-likeness (QED) is 0.910. The van der Waals surface area contributed by atoms with Crippen LogP contribution in [0.5, 0.6) is 0 Å². The number of amides is 1. The lowest BCUT2D eigenvalue weighted by Gasteiger charge is -2.30. The predicted molar refractivity (Wildman–Crippen MR) is 86.2 cm³/mol. The van der Waals surface area contributed by atoms with Crippen LogP contribution in [0, 0.1) is 0 Å². The van der Waals surface area contributed by atoms with E-state index in [1.54, 1.807) is 6.07 Å². The summed E-state index contributed by atoms with van der Waals surface area (Å²) in [6, 6.07) is 8.75. The third kappa shape index (κ3) is 3.24. The van der Waals surface area contributed by atoms with Gasteiger partial charge >= 0.3 is 6.18 Å². The smallest absolute Gasteiger partial charge is 0.288 e. The van der Waals surface area contributed by atoms with Crippen molar-refractivity contribution >= 4 is 16.7 Å². The van der Waals surface area contributed by atoms with Crippen molar-refractivity contribution in [2.24, 2.45) is 0 Å². The Morgan fingerprint density at radius 1 is 1.25 bits per heavy atom. The van der Waals surface area contributed by atoms with E-state index in [-0.39, 0.29) is 24.4 Å².